The number of halogens is 3. The number of piperidine rings is 1. The third-order valence-electron chi connectivity index (χ3n) is 9.25. The molecule has 0 spiro atoms. The zero-order valence-corrected chi connectivity index (χ0v) is 26.9. The normalized spacial score (nSPS) is 20.3. The Labute approximate surface area is 268 Å². The molecule has 3 aliphatic rings. The summed E-state index contributed by atoms with van der Waals surface area (Å²) in [6.45, 7) is 6.59. The first-order chi connectivity index (χ1) is 22.1. The minimum Gasteiger partial charge on any atom is -0.495 e. The Morgan fingerprint density at radius 2 is 1.74 bits per heavy atom. The van der Waals surface area contributed by atoms with Gasteiger partial charge in [-0.3, -0.25) is 9.74 Å². The molecule has 2 aromatic carbocycles. The summed E-state index contributed by atoms with van der Waals surface area (Å²) in [5.41, 5.74) is 2.44. The van der Waals surface area contributed by atoms with Gasteiger partial charge in [-0.05, 0) is 49.7 Å². The van der Waals surface area contributed by atoms with Gasteiger partial charge in [-0.1, -0.05) is 12.1 Å². The maximum atomic E-state index is 14.2. The largest absolute Gasteiger partial charge is 0.495 e. The van der Waals surface area contributed by atoms with Crippen LogP contribution in [-0.4, -0.2) is 99.9 Å². The number of ether oxygens (including phenoxy) is 1. The van der Waals surface area contributed by atoms with Crippen molar-refractivity contribution in [2.45, 2.75) is 37.5 Å². The van der Waals surface area contributed by atoms with Crippen LogP contribution >= 0.6 is 0 Å². The molecule has 0 saturated carbocycles. The first-order valence-electron chi connectivity index (χ1n) is 15.9. The molecule has 46 heavy (non-hydrogen) atoms. The van der Waals surface area contributed by atoms with Crippen molar-refractivity contribution in [2.24, 2.45) is 0 Å². The first kappa shape index (κ1) is 32.1. The van der Waals surface area contributed by atoms with E-state index >= 15 is 0 Å². The molecule has 1 atom stereocenters. The summed E-state index contributed by atoms with van der Waals surface area (Å²) in [6.07, 6.45) is -1.15. The molecule has 0 radical (unpaired) electrons. The van der Waals surface area contributed by atoms with Gasteiger partial charge in [-0.25, -0.2) is 10.0 Å². The van der Waals surface area contributed by atoms with E-state index < -0.39 is 17.8 Å². The third-order valence-corrected chi connectivity index (χ3v) is 9.25. The van der Waals surface area contributed by atoms with Gasteiger partial charge in [-0.2, -0.15) is 18.2 Å². The smallest absolute Gasteiger partial charge is 0.421 e. The molecule has 4 heterocycles. The van der Waals surface area contributed by atoms with Crippen LogP contribution in [0.2, 0.25) is 0 Å². The Hall–Kier alpha value is -3.81. The Balaban J connectivity index is 1.20. The Morgan fingerprint density at radius 1 is 0.978 bits per heavy atom. The van der Waals surface area contributed by atoms with Crippen LogP contribution in [0.4, 0.5) is 42.0 Å². The quantitative estimate of drug-likeness (QED) is 0.346. The van der Waals surface area contributed by atoms with Crippen molar-refractivity contribution in [3.8, 4) is 5.75 Å². The number of anilines is 5. The molecule has 0 amide bonds. The number of methoxy groups -OCH3 is 1. The molecular formula is C33H43F3N8O2. The van der Waals surface area contributed by atoms with E-state index in [2.05, 4.69) is 37.0 Å². The van der Waals surface area contributed by atoms with E-state index in [9.17, 15) is 13.2 Å². The van der Waals surface area contributed by atoms with Crippen LogP contribution in [-0.2, 0) is 11.0 Å². The number of aromatic nitrogens is 2. The van der Waals surface area contributed by atoms with Gasteiger partial charge in [0.05, 0.1) is 25.4 Å². The van der Waals surface area contributed by atoms with Gasteiger partial charge in [0.15, 0.2) is 5.82 Å². The summed E-state index contributed by atoms with van der Waals surface area (Å²) >= 11 is 0. The van der Waals surface area contributed by atoms with Crippen LogP contribution in [0.5, 0.6) is 5.75 Å². The topological polar surface area (TPSA) is 72.5 Å². The van der Waals surface area contributed by atoms with E-state index in [-0.39, 0.29) is 18.4 Å². The lowest BCUT2D eigenvalue weighted by molar-refractivity contribution is -0.138. The van der Waals surface area contributed by atoms with Crippen LogP contribution in [0.25, 0.3) is 0 Å². The zero-order chi connectivity index (χ0) is 32.4. The minimum absolute atomic E-state index is 0.0297. The molecule has 0 unspecified atom stereocenters. The Morgan fingerprint density at radius 3 is 2.43 bits per heavy atom. The van der Waals surface area contributed by atoms with E-state index in [1.165, 1.54) is 5.06 Å². The van der Waals surface area contributed by atoms with Gasteiger partial charge >= 0.3 is 6.18 Å². The maximum absolute atomic E-state index is 14.2. The summed E-state index contributed by atoms with van der Waals surface area (Å²) in [4.78, 5) is 23.5. The number of alkyl halides is 3. The fourth-order valence-corrected chi connectivity index (χ4v) is 6.60. The number of piperazine rings is 1. The molecule has 3 fully saturated rings. The number of rotatable bonds is 8. The van der Waals surface area contributed by atoms with E-state index in [1.807, 2.05) is 61.5 Å². The lowest BCUT2D eigenvalue weighted by Crippen LogP contribution is -2.52. The highest BCUT2D eigenvalue weighted by molar-refractivity contribution is 5.68. The lowest BCUT2D eigenvalue weighted by atomic mass is 10.0. The molecule has 6 rings (SSSR count). The average molecular weight is 641 g/mol. The number of hydroxylamine groups is 1. The number of likely N-dealkylation sites (N-methyl/N-ethyl adjacent to an activating group) is 1. The number of hydrogen-bond donors (Lipinski definition) is 1. The lowest BCUT2D eigenvalue weighted by Gasteiger charge is -2.42. The second-order valence-corrected chi connectivity index (χ2v) is 12.5. The van der Waals surface area contributed by atoms with E-state index in [0.29, 0.717) is 23.9 Å². The highest BCUT2D eigenvalue weighted by Gasteiger charge is 2.41. The number of hydrogen-bond acceptors (Lipinski definition) is 10. The van der Waals surface area contributed by atoms with Gasteiger partial charge < -0.3 is 24.8 Å². The van der Waals surface area contributed by atoms with Crippen molar-refractivity contribution in [1.82, 2.24) is 19.8 Å². The summed E-state index contributed by atoms with van der Waals surface area (Å²) in [7, 11) is 7.65. The van der Waals surface area contributed by atoms with Crippen LogP contribution in [0.1, 0.15) is 36.4 Å². The zero-order valence-electron chi connectivity index (χ0n) is 26.9. The molecule has 13 heteroatoms. The third kappa shape index (κ3) is 6.96. The van der Waals surface area contributed by atoms with Crippen molar-refractivity contribution >= 4 is 28.8 Å². The maximum Gasteiger partial charge on any atom is 0.421 e. The Bertz CT molecular complexity index is 1490. The second-order valence-electron chi connectivity index (χ2n) is 12.5. The summed E-state index contributed by atoms with van der Waals surface area (Å²) in [6, 6.07) is 13.6. The predicted molar refractivity (Wildman–Crippen MR) is 174 cm³/mol. The highest BCUT2D eigenvalue weighted by Crippen LogP contribution is 2.42. The van der Waals surface area contributed by atoms with E-state index in [0.717, 1.165) is 75.2 Å². The van der Waals surface area contributed by atoms with Crippen LogP contribution in [0.15, 0.2) is 48.7 Å². The fourth-order valence-electron chi connectivity index (χ4n) is 6.60. The predicted octanol–water partition coefficient (Wildman–Crippen LogP) is 5.41. The molecule has 0 bridgehead atoms. The second kappa shape index (κ2) is 13.5. The fraction of sp³-hybridized carbons (Fsp3) is 0.515. The van der Waals surface area contributed by atoms with E-state index in [1.54, 1.807) is 7.11 Å². The van der Waals surface area contributed by atoms with Gasteiger partial charge in [0.1, 0.15) is 11.3 Å². The SMILES string of the molecule is COc1cc(Nc2ncc(C(F)(F)F)c(N3OCC[C@H]3c3cccc(N(C)C)c3)n2)ccc1N1CCC(N2CCN(C)CC2)CC1. The first-order valence-corrected chi connectivity index (χ1v) is 15.9. The number of nitrogens with zero attached hydrogens (tertiary/aromatic N) is 7. The van der Waals surface area contributed by atoms with E-state index in [4.69, 9.17) is 9.57 Å². The highest BCUT2D eigenvalue weighted by atomic mass is 19.4. The van der Waals surface area contributed by atoms with Crippen molar-refractivity contribution in [2.75, 3.05) is 94.3 Å². The molecule has 3 aromatic rings. The number of nitrogens with one attached hydrogen (secondary N) is 1. The molecule has 0 aliphatic carbocycles. The van der Waals surface area contributed by atoms with Crippen molar-refractivity contribution < 1.29 is 22.7 Å². The average Bonchev–Trinajstić information content (AvgIpc) is 3.55. The van der Waals surface area contributed by atoms with Crippen LogP contribution in [0, 0.1) is 0 Å². The molecule has 248 valence electrons. The molecule has 3 saturated heterocycles. The standard InChI is InChI=1S/C33H43F3N8O2/c1-40(2)26-7-5-6-23(20-26)28-12-19-46-44(28)31-27(33(34,35)36)22-37-32(39-31)38-24-8-9-29(30(21-24)45-4)43-13-10-25(11-14-43)42-17-15-41(3)16-18-42/h5-9,20-22,25,28H,10-19H2,1-4H3,(H,37,38,39)/t28-/m0/s1. The molecule has 1 N–H and O–H groups in total. The van der Waals surface area contributed by atoms with Crippen LogP contribution in [0.3, 0.4) is 0 Å². The monoisotopic (exact) mass is 640 g/mol. The summed E-state index contributed by atoms with van der Waals surface area (Å²) in [5, 5.41) is 4.37. The van der Waals surface area contributed by atoms with Gasteiger partial charge in [0.25, 0.3) is 0 Å². The van der Waals surface area contributed by atoms with Crippen molar-refractivity contribution in [1.29, 1.82) is 0 Å². The van der Waals surface area contributed by atoms with Gasteiger partial charge in [-0.15, -0.1) is 0 Å². The number of benzene rings is 2. The van der Waals surface area contributed by atoms with Crippen molar-refractivity contribution in [3.05, 3.63) is 59.8 Å². The molecule has 3 aliphatic heterocycles. The molecule has 1 aromatic heterocycles. The van der Waals surface area contributed by atoms with Crippen LogP contribution < -0.4 is 24.9 Å². The van der Waals surface area contributed by atoms with Gasteiger partial charge in [0, 0.05) is 89.5 Å². The van der Waals surface area contributed by atoms with Crippen molar-refractivity contribution in [3.63, 3.8) is 0 Å². The Kier molecular flexibility index (Phi) is 9.44. The minimum atomic E-state index is -4.67. The molecule has 10 nitrogen and oxygen atoms in total. The van der Waals surface area contributed by atoms with Gasteiger partial charge in [0.2, 0.25) is 5.95 Å². The molecular weight excluding hydrogens is 597 g/mol. The summed E-state index contributed by atoms with van der Waals surface area (Å²) in [5.74, 6) is 0.385. The summed E-state index contributed by atoms with van der Waals surface area (Å²) < 4.78 is 48.4.